The number of nitrogens with one attached hydrogen (secondary N) is 2. The Bertz CT molecular complexity index is 871. The van der Waals surface area contributed by atoms with Crippen LogP contribution in [0.15, 0.2) is 47.1 Å². The highest BCUT2D eigenvalue weighted by atomic mass is 79.9. The Morgan fingerprint density at radius 1 is 1.14 bits per heavy atom. The van der Waals surface area contributed by atoms with Crippen molar-refractivity contribution in [3.8, 4) is 0 Å². The number of hydrogen-bond acceptors (Lipinski definition) is 3. The average Bonchev–Trinajstić information content (AvgIpc) is 2.95. The highest BCUT2D eigenvalue weighted by molar-refractivity contribution is 9.10. The van der Waals surface area contributed by atoms with Gasteiger partial charge in [0.15, 0.2) is 0 Å². The molecule has 2 aromatic carbocycles. The van der Waals surface area contributed by atoms with Crippen LogP contribution in [0.1, 0.15) is 20.7 Å². The number of aromatic nitrogens is 2. The summed E-state index contributed by atoms with van der Waals surface area (Å²) in [5.74, 6) is -1.35. The van der Waals surface area contributed by atoms with E-state index < -0.39 is 5.97 Å². The van der Waals surface area contributed by atoms with Crippen LogP contribution in [-0.4, -0.2) is 27.2 Å². The van der Waals surface area contributed by atoms with Crippen molar-refractivity contribution in [2.24, 2.45) is 0 Å². The molecule has 6 nitrogen and oxygen atoms in total. The average molecular weight is 360 g/mol. The summed E-state index contributed by atoms with van der Waals surface area (Å²) in [6.45, 7) is 0. The lowest BCUT2D eigenvalue weighted by Gasteiger charge is -2.07. The highest BCUT2D eigenvalue weighted by Crippen LogP contribution is 2.27. The molecule has 3 rings (SSSR count). The molecule has 0 aliphatic carbocycles. The Morgan fingerprint density at radius 3 is 2.50 bits per heavy atom. The van der Waals surface area contributed by atoms with Gasteiger partial charge in [-0.3, -0.25) is 9.89 Å². The number of amides is 1. The highest BCUT2D eigenvalue weighted by Gasteiger charge is 2.11. The third-order valence-corrected chi connectivity index (χ3v) is 3.62. The Morgan fingerprint density at radius 2 is 1.82 bits per heavy atom. The maximum atomic E-state index is 12.3. The van der Waals surface area contributed by atoms with E-state index >= 15 is 0 Å². The number of aromatic amines is 1. The zero-order valence-electron chi connectivity index (χ0n) is 11.1. The number of nitrogens with zero attached hydrogens (tertiary/aromatic N) is 1. The Hall–Kier alpha value is -2.67. The van der Waals surface area contributed by atoms with Crippen LogP contribution < -0.4 is 5.32 Å². The molecule has 0 saturated heterocycles. The third-order valence-electron chi connectivity index (χ3n) is 3.17. The van der Waals surface area contributed by atoms with Crippen LogP contribution >= 0.6 is 15.9 Å². The van der Waals surface area contributed by atoms with Gasteiger partial charge in [0.2, 0.25) is 0 Å². The normalized spacial score (nSPS) is 10.6. The van der Waals surface area contributed by atoms with Crippen LogP contribution in [0.4, 0.5) is 5.69 Å². The minimum atomic E-state index is -1.03. The van der Waals surface area contributed by atoms with Gasteiger partial charge >= 0.3 is 5.97 Å². The fourth-order valence-electron chi connectivity index (χ4n) is 2.08. The topological polar surface area (TPSA) is 95.1 Å². The van der Waals surface area contributed by atoms with Crippen molar-refractivity contribution in [3.05, 3.63) is 58.2 Å². The van der Waals surface area contributed by atoms with Crippen molar-refractivity contribution in [2.75, 3.05) is 5.32 Å². The van der Waals surface area contributed by atoms with Crippen LogP contribution in [0, 0.1) is 0 Å². The van der Waals surface area contributed by atoms with E-state index in [0.717, 1.165) is 15.4 Å². The van der Waals surface area contributed by atoms with E-state index in [4.69, 9.17) is 5.11 Å². The molecule has 110 valence electrons. The fraction of sp³-hybridized carbons (Fsp3) is 0. The quantitative estimate of drug-likeness (QED) is 0.668. The first-order valence-corrected chi connectivity index (χ1v) is 7.11. The summed E-state index contributed by atoms with van der Waals surface area (Å²) < 4.78 is 0.806. The van der Waals surface area contributed by atoms with E-state index in [-0.39, 0.29) is 11.5 Å². The van der Waals surface area contributed by atoms with Crippen molar-refractivity contribution >= 4 is 44.4 Å². The first kappa shape index (κ1) is 14.3. The van der Waals surface area contributed by atoms with Crippen molar-refractivity contribution in [3.63, 3.8) is 0 Å². The van der Waals surface area contributed by atoms with Crippen molar-refractivity contribution in [2.45, 2.75) is 0 Å². The molecule has 0 bridgehead atoms. The lowest BCUT2D eigenvalue weighted by molar-refractivity contribution is 0.0696. The zero-order valence-corrected chi connectivity index (χ0v) is 12.7. The van der Waals surface area contributed by atoms with Gasteiger partial charge in [-0.1, -0.05) is 15.9 Å². The van der Waals surface area contributed by atoms with E-state index in [9.17, 15) is 9.59 Å². The molecule has 0 aliphatic rings. The van der Waals surface area contributed by atoms with Gasteiger partial charge in [0.05, 0.1) is 23.0 Å². The van der Waals surface area contributed by atoms with Gasteiger partial charge in [-0.05, 0) is 36.4 Å². The van der Waals surface area contributed by atoms with Gasteiger partial charge in [-0.15, -0.1) is 0 Å². The standard InChI is InChI=1S/C15H10BrN3O3/c16-10-5-12(11-7-17-19-13(11)6-10)18-14(20)8-1-3-9(4-2-8)15(21)22/h1-7H,(H,17,19)(H,18,20)(H,21,22). The minimum absolute atomic E-state index is 0.135. The van der Waals surface area contributed by atoms with Gasteiger partial charge in [0, 0.05) is 15.4 Å². The molecule has 3 N–H and O–H groups in total. The van der Waals surface area contributed by atoms with E-state index in [0.29, 0.717) is 11.3 Å². The van der Waals surface area contributed by atoms with Crippen LogP contribution in [0.2, 0.25) is 0 Å². The molecule has 0 unspecified atom stereocenters. The van der Waals surface area contributed by atoms with Gasteiger partial charge in [-0.2, -0.15) is 5.10 Å². The second-order valence-electron chi connectivity index (χ2n) is 4.62. The SMILES string of the molecule is O=C(O)c1ccc(C(=O)Nc2cc(Br)cc3[nH]ncc23)cc1. The molecule has 0 spiro atoms. The number of carbonyl (C=O) groups excluding carboxylic acids is 1. The molecule has 3 aromatic rings. The third kappa shape index (κ3) is 2.71. The second-order valence-corrected chi connectivity index (χ2v) is 5.54. The minimum Gasteiger partial charge on any atom is -0.478 e. The molecule has 1 amide bonds. The van der Waals surface area contributed by atoms with Gasteiger partial charge in [-0.25, -0.2) is 4.79 Å². The molecule has 22 heavy (non-hydrogen) atoms. The number of rotatable bonds is 3. The Kier molecular flexibility index (Phi) is 3.64. The molecule has 0 atom stereocenters. The summed E-state index contributed by atoms with van der Waals surface area (Å²) in [4.78, 5) is 23.1. The van der Waals surface area contributed by atoms with E-state index in [1.54, 1.807) is 12.3 Å². The fourth-order valence-corrected chi connectivity index (χ4v) is 2.54. The summed E-state index contributed by atoms with van der Waals surface area (Å²) in [7, 11) is 0. The molecular weight excluding hydrogens is 350 g/mol. The molecule has 0 fully saturated rings. The summed E-state index contributed by atoms with van der Waals surface area (Å²) in [6, 6.07) is 9.38. The molecule has 1 heterocycles. The number of hydrogen-bond donors (Lipinski definition) is 3. The lowest BCUT2D eigenvalue weighted by Crippen LogP contribution is -2.12. The van der Waals surface area contributed by atoms with Crippen LogP contribution in [0.25, 0.3) is 10.9 Å². The number of carboxylic acids is 1. The lowest BCUT2D eigenvalue weighted by atomic mass is 10.1. The smallest absolute Gasteiger partial charge is 0.335 e. The number of benzene rings is 2. The Labute approximate surface area is 133 Å². The monoisotopic (exact) mass is 359 g/mol. The first-order chi connectivity index (χ1) is 10.5. The van der Waals surface area contributed by atoms with Crippen molar-refractivity contribution in [1.29, 1.82) is 0 Å². The second kappa shape index (κ2) is 5.61. The summed E-state index contributed by atoms with van der Waals surface area (Å²) in [5.41, 5.74) is 1.93. The number of carboxylic acid groups (broad SMARTS) is 1. The number of fused-ring (bicyclic) bond motifs is 1. The molecule has 0 aliphatic heterocycles. The van der Waals surface area contributed by atoms with Crippen molar-refractivity contribution < 1.29 is 14.7 Å². The van der Waals surface area contributed by atoms with Crippen molar-refractivity contribution in [1.82, 2.24) is 10.2 Å². The Balaban J connectivity index is 1.89. The summed E-state index contributed by atoms with van der Waals surface area (Å²) in [5, 5.41) is 19.2. The number of halogens is 1. The zero-order chi connectivity index (χ0) is 15.7. The molecule has 7 heteroatoms. The predicted octanol–water partition coefficient (Wildman–Crippen LogP) is 3.28. The largest absolute Gasteiger partial charge is 0.478 e. The maximum Gasteiger partial charge on any atom is 0.335 e. The molecular formula is C15H10BrN3O3. The predicted molar refractivity (Wildman–Crippen MR) is 85.1 cm³/mol. The molecule has 0 radical (unpaired) electrons. The molecule has 0 saturated carbocycles. The van der Waals surface area contributed by atoms with E-state index in [1.165, 1.54) is 24.3 Å². The number of anilines is 1. The summed E-state index contributed by atoms with van der Waals surface area (Å²) in [6.07, 6.45) is 1.63. The maximum absolute atomic E-state index is 12.3. The number of H-pyrrole nitrogens is 1. The number of aromatic carboxylic acids is 1. The van der Waals surface area contributed by atoms with Crippen LogP contribution in [0.3, 0.4) is 0 Å². The van der Waals surface area contributed by atoms with E-state index in [1.807, 2.05) is 6.07 Å². The van der Waals surface area contributed by atoms with Gasteiger partial charge < -0.3 is 10.4 Å². The van der Waals surface area contributed by atoms with Crippen LogP contribution in [0.5, 0.6) is 0 Å². The van der Waals surface area contributed by atoms with Gasteiger partial charge in [0.25, 0.3) is 5.91 Å². The van der Waals surface area contributed by atoms with Gasteiger partial charge in [0.1, 0.15) is 0 Å². The van der Waals surface area contributed by atoms with E-state index in [2.05, 4.69) is 31.4 Å². The van der Waals surface area contributed by atoms with Crippen LogP contribution in [-0.2, 0) is 0 Å². The summed E-state index contributed by atoms with van der Waals surface area (Å²) >= 11 is 3.38. The molecule has 1 aromatic heterocycles. The first-order valence-electron chi connectivity index (χ1n) is 6.32. The number of carbonyl (C=O) groups is 2.